The van der Waals surface area contributed by atoms with Crippen molar-refractivity contribution < 1.29 is 24.2 Å². The van der Waals surface area contributed by atoms with Crippen LogP contribution in [-0.2, 0) is 33.8 Å². The number of nitrogens with one attached hydrogen (secondary N) is 2. The number of carbonyl (C=O) groups excluding carboxylic acids is 2. The minimum Gasteiger partial charge on any atom is -0.480 e. The number of carboxylic acids is 1. The third kappa shape index (κ3) is 7.81. The maximum atomic E-state index is 13.0. The summed E-state index contributed by atoms with van der Waals surface area (Å²) >= 11 is 0. The van der Waals surface area contributed by atoms with Gasteiger partial charge in [0.1, 0.15) is 18.7 Å². The van der Waals surface area contributed by atoms with E-state index in [4.69, 9.17) is 4.74 Å². The standard InChI is InChI=1S/C26H26N2O5/c29-24(27-23(25(30)31)17-20-12-6-2-7-13-20)22(16-19-10-4-1-5-11-19)28-26(32)33-18-21-14-8-3-9-15-21/h1-15,22-23H,16-18H2,(H,27,29)(H,28,32)(H,30,31)/t22-,23+/m1/s1. The van der Waals surface area contributed by atoms with Gasteiger partial charge in [-0.3, -0.25) is 4.79 Å². The van der Waals surface area contributed by atoms with Crippen molar-refractivity contribution in [2.24, 2.45) is 0 Å². The van der Waals surface area contributed by atoms with Gasteiger partial charge in [-0.15, -0.1) is 0 Å². The number of alkyl carbamates (subject to hydrolysis) is 1. The molecule has 7 heteroatoms. The molecule has 170 valence electrons. The van der Waals surface area contributed by atoms with E-state index in [2.05, 4.69) is 10.6 Å². The maximum Gasteiger partial charge on any atom is 0.408 e. The number of hydrogen-bond acceptors (Lipinski definition) is 4. The lowest BCUT2D eigenvalue weighted by Crippen LogP contribution is -2.53. The van der Waals surface area contributed by atoms with E-state index in [-0.39, 0.29) is 19.4 Å². The van der Waals surface area contributed by atoms with E-state index >= 15 is 0 Å². The second kappa shape index (κ2) is 12.0. The molecule has 0 spiro atoms. The van der Waals surface area contributed by atoms with E-state index in [9.17, 15) is 19.5 Å². The van der Waals surface area contributed by atoms with Crippen LogP contribution in [-0.4, -0.2) is 35.2 Å². The largest absolute Gasteiger partial charge is 0.480 e. The summed E-state index contributed by atoms with van der Waals surface area (Å²) in [5.41, 5.74) is 2.40. The molecule has 0 saturated carbocycles. The van der Waals surface area contributed by atoms with Gasteiger partial charge in [0.2, 0.25) is 5.91 Å². The average molecular weight is 447 g/mol. The van der Waals surface area contributed by atoms with Crippen LogP contribution in [0.4, 0.5) is 4.79 Å². The number of aliphatic carboxylic acids is 1. The SMILES string of the molecule is O=C(N[C@H](Cc1ccccc1)C(=O)N[C@@H](Cc1ccccc1)C(=O)O)OCc1ccccc1. The Morgan fingerprint density at radius 1 is 0.667 bits per heavy atom. The molecule has 0 aromatic heterocycles. The van der Waals surface area contributed by atoms with Crippen molar-refractivity contribution in [1.29, 1.82) is 0 Å². The quantitative estimate of drug-likeness (QED) is 0.443. The summed E-state index contributed by atoms with van der Waals surface area (Å²) in [6, 6.07) is 25.2. The molecule has 0 fully saturated rings. The Morgan fingerprint density at radius 2 is 1.12 bits per heavy atom. The van der Waals surface area contributed by atoms with Crippen molar-refractivity contribution >= 4 is 18.0 Å². The number of rotatable bonds is 10. The van der Waals surface area contributed by atoms with E-state index in [0.29, 0.717) is 0 Å². The van der Waals surface area contributed by atoms with Crippen LogP contribution in [0.2, 0.25) is 0 Å². The zero-order valence-electron chi connectivity index (χ0n) is 18.0. The molecule has 3 aromatic rings. The Balaban J connectivity index is 1.68. The molecule has 3 rings (SSSR count). The monoisotopic (exact) mass is 446 g/mol. The van der Waals surface area contributed by atoms with Crippen LogP contribution in [0, 0.1) is 0 Å². The van der Waals surface area contributed by atoms with Crippen molar-refractivity contribution in [2.45, 2.75) is 31.5 Å². The minimum atomic E-state index is -1.16. The fraction of sp³-hybridized carbons (Fsp3) is 0.192. The molecule has 2 amide bonds. The van der Waals surface area contributed by atoms with Gasteiger partial charge in [0.15, 0.2) is 0 Å². The predicted molar refractivity (Wildman–Crippen MR) is 123 cm³/mol. The van der Waals surface area contributed by atoms with Gasteiger partial charge in [0.25, 0.3) is 0 Å². The van der Waals surface area contributed by atoms with Crippen LogP contribution in [0.3, 0.4) is 0 Å². The summed E-state index contributed by atoms with van der Waals surface area (Å²) < 4.78 is 5.25. The lowest BCUT2D eigenvalue weighted by Gasteiger charge is -2.21. The second-order valence-electron chi connectivity index (χ2n) is 7.54. The molecule has 0 heterocycles. The van der Waals surface area contributed by atoms with Gasteiger partial charge in [0.05, 0.1) is 0 Å². The third-order valence-corrected chi connectivity index (χ3v) is 5.00. The van der Waals surface area contributed by atoms with Crippen molar-refractivity contribution in [1.82, 2.24) is 10.6 Å². The number of ether oxygens (including phenoxy) is 1. The van der Waals surface area contributed by atoms with E-state index in [1.807, 2.05) is 66.7 Å². The van der Waals surface area contributed by atoms with Crippen molar-refractivity contribution in [2.75, 3.05) is 0 Å². The third-order valence-electron chi connectivity index (χ3n) is 5.00. The van der Waals surface area contributed by atoms with Gasteiger partial charge >= 0.3 is 12.1 Å². The molecule has 0 saturated heterocycles. The van der Waals surface area contributed by atoms with Gasteiger partial charge in [-0.05, 0) is 16.7 Å². The number of benzene rings is 3. The Labute approximate surface area is 192 Å². The van der Waals surface area contributed by atoms with Gasteiger partial charge in [-0.25, -0.2) is 9.59 Å². The molecule has 0 aliphatic carbocycles. The van der Waals surface area contributed by atoms with Gasteiger partial charge < -0.3 is 20.5 Å². The fourth-order valence-electron chi connectivity index (χ4n) is 3.29. The smallest absolute Gasteiger partial charge is 0.408 e. The van der Waals surface area contributed by atoms with E-state index < -0.39 is 30.1 Å². The molecule has 0 unspecified atom stereocenters. The van der Waals surface area contributed by atoms with Crippen molar-refractivity contribution in [3.63, 3.8) is 0 Å². The summed E-state index contributed by atoms with van der Waals surface area (Å²) in [7, 11) is 0. The summed E-state index contributed by atoms with van der Waals surface area (Å²) in [6.45, 7) is 0.0537. The molecule has 2 atom stereocenters. The molecule has 33 heavy (non-hydrogen) atoms. The normalized spacial score (nSPS) is 12.2. The first-order chi connectivity index (χ1) is 16.0. The van der Waals surface area contributed by atoms with E-state index in [1.54, 1.807) is 24.3 Å². The second-order valence-corrected chi connectivity index (χ2v) is 7.54. The summed E-state index contributed by atoms with van der Waals surface area (Å²) in [6.07, 6.45) is -0.451. The van der Waals surface area contributed by atoms with Crippen LogP contribution < -0.4 is 10.6 Å². The molecule has 3 N–H and O–H groups in total. The Bertz CT molecular complexity index is 1040. The fourth-order valence-corrected chi connectivity index (χ4v) is 3.29. The van der Waals surface area contributed by atoms with E-state index in [1.165, 1.54) is 0 Å². The molecule has 7 nitrogen and oxygen atoms in total. The number of carboxylic acid groups (broad SMARTS) is 1. The van der Waals surface area contributed by atoms with Crippen LogP contribution in [0.5, 0.6) is 0 Å². The first-order valence-electron chi connectivity index (χ1n) is 10.6. The van der Waals surface area contributed by atoms with Crippen molar-refractivity contribution in [3.05, 3.63) is 108 Å². The number of hydrogen-bond donors (Lipinski definition) is 3. The molecular weight excluding hydrogens is 420 g/mol. The highest BCUT2D eigenvalue weighted by atomic mass is 16.5. The summed E-state index contributed by atoms with van der Waals surface area (Å²) in [4.78, 5) is 37.2. The lowest BCUT2D eigenvalue weighted by atomic mass is 10.0. The topological polar surface area (TPSA) is 105 Å². The van der Waals surface area contributed by atoms with Crippen LogP contribution in [0.25, 0.3) is 0 Å². The highest BCUT2D eigenvalue weighted by Gasteiger charge is 2.27. The van der Waals surface area contributed by atoms with Gasteiger partial charge in [-0.2, -0.15) is 0 Å². The summed E-state index contributed by atoms with van der Waals surface area (Å²) in [5.74, 6) is -1.75. The lowest BCUT2D eigenvalue weighted by molar-refractivity contribution is -0.142. The molecule has 0 bridgehead atoms. The highest BCUT2D eigenvalue weighted by molar-refractivity contribution is 5.89. The zero-order chi connectivity index (χ0) is 23.5. The maximum absolute atomic E-state index is 13.0. The Hall–Kier alpha value is -4.13. The number of amides is 2. The predicted octanol–water partition coefficient (Wildman–Crippen LogP) is 3.34. The Morgan fingerprint density at radius 3 is 1.61 bits per heavy atom. The van der Waals surface area contributed by atoms with Gasteiger partial charge in [0, 0.05) is 12.8 Å². The average Bonchev–Trinajstić information content (AvgIpc) is 2.84. The van der Waals surface area contributed by atoms with Crippen LogP contribution >= 0.6 is 0 Å². The van der Waals surface area contributed by atoms with E-state index in [0.717, 1.165) is 16.7 Å². The molecular formula is C26H26N2O5. The Kier molecular flexibility index (Phi) is 8.59. The molecule has 3 aromatic carbocycles. The first kappa shape index (κ1) is 23.5. The van der Waals surface area contributed by atoms with Crippen LogP contribution in [0.15, 0.2) is 91.0 Å². The van der Waals surface area contributed by atoms with Gasteiger partial charge in [-0.1, -0.05) is 91.0 Å². The molecule has 0 aliphatic heterocycles. The minimum absolute atomic E-state index is 0.0537. The zero-order valence-corrected chi connectivity index (χ0v) is 18.0. The van der Waals surface area contributed by atoms with Crippen LogP contribution in [0.1, 0.15) is 16.7 Å². The summed E-state index contributed by atoms with van der Waals surface area (Å²) in [5, 5.41) is 14.8. The molecule has 0 radical (unpaired) electrons. The van der Waals surface area contributed by atoms with Crippen molar-refractivity contribution in [3.8, 4) is 0 Å². The number of carbonyl (C=O) groups is 3. The first-order valence-corrected chi connectivity index (χ1v) is 10.6. The molecule has 0 aliphatic rings. The highest BCUT2D eigenvalue weighted by Crippen LogP contribution is 2.08.